The number of aromatic nitrogens is 4. The van der Waals surface area contributed by atoms with Gasteiger partial charge in [0.2, 0.25) is 11.9 Å². The zero-order valence-electron chi connectivity index (χ0n) is 28.1. The van der Waals surface area contributed by atoms with Crippen LogP contribution < -0.4 is 15.5 Å². The van der Waals surface area contributed by atoms with Crippen LogP contribution in [0.2, 0.25) is 0 Å². The number of carbonyl (C=O) groups excluding carboxylic acids is 2. The number of allylic oxidation sites excluding steroid dienone is 2. The Hall–Kier alpha value is -4.22. The minimum atomic E-state index is -0.334. The van der Waals surface area contributed by atoms with E-state index >= 15 is 0 Å². The Labute approximate surface area is 297 Å². The number of hydrogen-bond donors (Lipinski definition) is 2. The van der Waals surface area contributed by atoms with Gasteiger partial charge in [0.15, 0.2) is 0 Å². The number of anilines is 3. The standard InChI is InChI=1S/C28H34N9O.C3H6.C2H6.CH2O.CH4.V.2H2/c1-5-9-10-11-12-14-30-26(38)23-13-15-29-25(22-23)32-27-31-24(6-2)33-28(34-27)37-20-18-36(19-21-37)17-16-35(7-3)8-4;1-3-2;2*1-2;;;;/h1,13-15,22H,6-8,16-21H2,2-4H3,(H,30,38)(H,29,31,32,33,34);3H,1H2,2H3;1-2H3;1H2;1H4;;2*1H. The number of terminal acetylenes is 1. The molecule has 1 fully saturated rings. The van der Waals surface area contributed by atoms with Crippen molar-refractivity contribution in [2.45, 2.75) is 55.4 Å². The fourth-order valence-corrected chi connectivity index (χ4v) is 3.84. The van der Waals surface area contributed by atoms with Crippen molar-refractivity contribution in [3.05, 3.63) is 71.8 Å². The number of amides is 1. The van der Waals surface area contributed by atoms with Gasteiger partial charge in [-0.3, -0.25) is 9.69 Å². The van der Waals surface area contributed by atoms with Gasteiger partial charge in [-0.25, -0.2) is 4.98 Å². The molecule has 2 radical (unpaired) electrons. The van der Waals surface area contributed by atoms with Crippen LogP contribution in [0.4, 0.5) is 17.7 Å². The van der Waals surface area contributed by atoms with Crippen molar-refractivity contribution in [1.82, 2.24) is 35.1 Å². The molecule has 1 saturated heterocycles. The first kappa shape index (κ1) is 47.2. The molecule has 258 valence electrons. The fourth-order valence-electron chi connectivity index (χ4n) is 3.84. The van der Waals surface area contributed by atoms with Gasteiger partial charge >= 0.3 is 0 Å². The van der Waals surface area contributed by atoms with Crippen molar-refractivity contribution in [3.63, 3.8) is 0 Å². The monoisotopic (exact) mass is 685 g/mol. The summed E-state index contributed by atoms with van der Waals surface area (Å²) in [6, 6.07) is 3.23. The Kier molecular flexibility index (Phi) is 30.6. The molecule has 0 aliphatic carbocycles. The van der Waals surface area contributed by atoms with Gasteiger partial charge in [-0.1, -0.05) is 54.0 Å². The normalized spacial score (nSPS) is 11.1. The van der Waals surface area contributed by atoms with Crippen LogP contribution in [0.1, 0.15) is 68.0 Å². The number of pyridine rings is 1. The summed E-state index contributed by atoms with van der Waals surface area (Å²) in [6.07, 6.45) is 12.7. The molecule has 0 spiro atoms. The second-order valence-electron chi connectivity index (χ2n) is 8.83. The molecular weight excluding hydrogens is 629 g/mol. The molecule has 12 heteroatoms. The molecule has 2 aromatic heterocycles. The zero-order chi connectivity index (χ0) is 33.9. The predicted molar refractivity (Wildman–Crippen MR) is 193 cm³/mol. The molecule has 3 rings (SSSR count). The number of likely N-dealkylation sites (N-methyl/N-ethyl adjacent to an activating group) is 1. The van der Waals surface area contributed by atoms with Crippen LogP contribution in [0.3, 0.4) is 0 Å². The summed E-state index contributed by atoms with van der Waals surface area (Å²) in [5, 5.41) is 5.72. The van der Waals surface area contributed by atoms with Crippen LogP contribution in [0.15, 0.2) is 54.4 Å². The zero-order valence-corrected chi connectivity index (χ0v) is 29.5. The van der Waals surface area contributed by atoms with E-state index in [-0.39, 0.29) is 34.7 Å². The summed E-state index contributed by atoms with van der Waals surface area (Å²) in [5.74, 6) is 4.01. The Morgan fingerprint density at radius 2 is 1.74 bits per heavy atom. The predicted octanol–water partition coefficient (Wildman–Crippen LogP) is 5.34. The molecule has 2 aromatic rings. The first-order chi connectivity index (χ1) is 22.0. The second kappa shape index (κ2) is 30.4. The number of nitrogens with zero attached hydrogens (tertiary/aromatic N) is 7. The van der Waals surface area contributed by atoms with E-state index in [9.17, 15) is 4.79 Å². The van der Waals surface area contributed by atoms with Crippen LogP contribution in [0, 0.1) is 18.4 Å². The smallest absolute Gasteiger partial charge is 0.255 e. The van der Waals surface area contributed by atoms with E-state index in [0.717, 1.165) is 52.4 Å². The van der Waals surface area contributed by atoms with E-state index in [0.29, 0.717) is 35.5 Å². The van der Waals surface area contributed by atoms with E-state index < -0.39 is 0 Å². The molecule has 0 bridgehead atoms. The van der Waals surface area contributed by atoms with Crippen molar-refractivity contribution in [2.75, 3.05) is 62.6 Å². The van der Waals surface area contributed by atoms with E-state index in [4.69, 9.17) is 11.2 Å². The van der Waals surface area contributed by atoms with Crippen molar-refractivity contribution in [1.29, 1.82) is 0 Å². The van der Waals surface area contributed by atoms with E-state index in [1.807, 2.05) is 34.5 Å². The summed E-state index contributed by atoms with van der Waals surface area (Å²) in [6.45, 7) is 25.6. The van der Waals surface area contributed by atoms with E-state index in [1.54, 1.807) is 24.4 Å². The molecule has 1 aliphatic rings. The quantitative estimate of drug-likeness (QED) is 0.182. The van der Waals surface area contributed by atoms with Crippen LogP contribution in [-0.2, 0) is 29.8 Å². The maximum absolute atomic E-state index is 12.5. The third kappa shape index (κ3) is 19.1. The number of carbonyl (C=O) groups is 2. The molecule has 2 N–H and O–H groups in total. The van der Waals surface area contributed by atoms with Gasteiger partial charge in [0.25, 0.3) is 5.91 Å². The first-order valence-corrected chi connectivity index (χ1v) is 15.1. The number of aryl methyl sites for hydroxylation is 1. The third-order valence-corrected chi connectivity index (χ3v) is 6.07. The third-order valence-electron chi connectivity index (χ3n) is 6.07. The molecule has 0 saturated carbocycles. The van der Waals surface area contributed by atoms with Gasteiger partial charge in [0.05, 0.1) is 12.3 Å². The molecule has 47 heavy (non-hydrogen) atoms. The van der Waals surface area contributed by atoms with E-state index in [1.165, 1.54) is 6.20 Å². The summed E-state index contributed by atoms with van der Waals surface area (Å²) < 4.78 is 0. The van der Waals surface area contributed by atoms with Crippen LogP contribution >= 0.6 is 0 Å². The summed E-state index contributed by atoms with van der Waals surface area (Å²) in [7, 11) is 0. The summed E-state index contributed by atoms with van der Waals surface area (Å²) in [5.41, 5.74) is 7.99. The average Bonchev–Trinajstić information content (AvgIpc) is 3.09. The Morgan fingerprint density at radius 1 is 1.11 bits per heavy atom. The van der Waals surface area contributed by atoms with Crippen LogP contribution in [0.25, 0.3) is 0 Å². The molecule has 0 unspecified atom stereocenters. The molecule has 1 amide bonds. The molecule has 0 atom stereocenters. The summed E-state index contributed by atoms with van der Waals surface area (Å²) >= 11 is 0. The van der Waals surface area contributed by atoms with Crippen molar-refractivity contribution in [2.24, 2.45) is 0 Å². The van der Waals surface area contributed by atoms with Crippen LogP contribution in [-0.4, -0.2) is 94.8 Å². The average molecular weight is 686 g/mol. The van der Waals surface area contributed by atoms with Gasteiger partial charge in [0, 0.05) is 78.9 Å². The maximum atomic E-state index is 12.5. The van der Waals surface area contributed by atoms with Crippen molar-refractivity contribution < 1.29 is 31.0 Å². The summed E-state index contributed by atoms with van der Waals surface area (Å²) in [4.78, 5) is 45.7. The first-order valence-electron chi connectivity index (χ1n) is 15.1. The van der Waals surface area contributed by atoms with Gasteiger partial charge < -0.3 is 25.2 Å². The minimum Gasteiger partial charge on any atom is -0.338 e. The minimum absolute atomic E-state index is 0. The van der Waals surface area contributed by atoms with Gasteiger partial charge in [-0.15, -0.1) is 13.0 Å². The van der Waals surface area contributed by atoms with Gasteiger partial charge in [-0.05, 0) is 49.3 Å². The fraction of sp³-hybridized carbons (Fsp3) is 0.457. The van der Waals surface area contributed by atoms with Crippen LogP contribution in [0.5, 0.6) is 0 Å². The van der Waals surface area contributed by atoms with E-state index in [2.05, 4.69) is 94.9 Å². The topological polar surface area (TPSA) is 119 Å². The Bertz CT molecular complexity index is 1340. The maximum Gasteiger partial charge on any atom is 0.255 e. The van der Waals surface area contributed by atoms with Crippen molar-refractivity contribution in [3.8, 4) is 12.3 Å². The Morgan fingerprint density at radius 3 is 2.32 bits per heavy atom. The number of nitrogens with one attached hydrogen (secondary N) is 2. The number of piperazine rings is 1. The van der Waals surface area contributed by atoms with Gasteiger partial charge in [-0.2, -0.15) is 15.0 Å². The van der Waals surface area contributed by atoms with Gasteiger partial charge in [0.1, 0.15) is 18.4 Å². The molecule has 11 nitrogen and oxygen atoms in total. The second-order valence-corrected chi connectivity index (χ2v) is 8.83. The molecule has 0 aromatic carbocycles. The molecule has 1 aliphatic heterocycles. The number of rotatable bonds is 11. The SMILES string of the molecule is C.C#C[C]=C=C=C=CNC(=O)c1ccnc(Nc2nc(CC)nc(N3CCN(CCN(CC)CC)CC3)n2)c1.C=CC.C=O.CC.[HH].[HH].[V]. The Balaban J connectivity index is -0.000000546. The number of hydrogen-bond acceptors (Lipinski definition) is 10. The molecule has 3 heterocycles. The molecular formula is C35H56N9O2V. The van der Waals surface area contributed by atoms with Crippen molar-refractivity contribution >= 4 is 30.4 Å². The largest absolute Gasteiger partial charge is 0.338 e.